The molecule has 35 heavy (non-hydrogen) atoms. The fraction of sp³-hybridized carbons (Fsp3) is 0.214. The minimum atomic E-state index is -0.262. The number of aryl methyl sites for hydroxylation is 1. The summed E-state index contributed by atoms with van der Waals surface area (Å²) in [5.41, 5.74) is 4.36. The molecule has 4 rings (SSSR count). The van der Waals surface area contributed by atoms with E-state index in [0.29, 0.717) is 34.3 Å². The van der Waals surface area contributed by atoms with Crippen molar-refractivity contribution in [1.82, 2.24) is 15.0 Å². The summed E-state index contributed by atoms with van der Waals surface area (Å²) in [6.45, 7) is 8.25. The van der Waals surface area contributed by atoms with Crippen molar-refractivity contribution in [3.63, 3.8) is 0 Å². The number of rotatable bonds is 6. The van der Waals surface area contributed by atoms with E-state index >= 15 is 0 Å². The Balaban J connectivity index is 1.62. The first-order valence-electron chi connectivity index (χ1n) is 11.3. The second-order valence-electron chi connectivity index (χ2n) is 9.15. The van der Waals surface area contributed by atoms with Gasteiger partial charge in [0.1, 0.15) is 17.8 Å². The van der Waals surface area contributed by atoms with Gasteiger partial charge < -0.3 is 14.8 Å². The van der Waals surface area contributed by atoms with Crippen LogP contribution in [0.4, 0.5) is 5.69 Å². The maximum absolute atomic E-state index is 13.2. The van der Waals surface area contributed by atoms with Crippen molar-refractivity contribution < 1.29 is 14.3 Å². The third kappa shape index (κ3) is 5.46. The van der Waals surface area contributed by atoms with E-state index in [2.05, 4.69) is 41.0 Å². The number of pyridine rings is 1. The van der Waals surface area contributed by atoms with E-state index in [-0.39, 0.29) is 11.3 Å². The van der Waals surface area contributed by atoms with Crippen LogP contribution >= 0.6 is 0 Å². The van der Waals surface area contributed by atoms with Gasteiger partial charge in [-0.3, -0.25) is 4.79 Å². The number of hydrogen-bond acceptors (Lipinski definition) is 6. The van der Waals surface area contributed by atoms with Crippen LogP contribution in [0.25, 0.3) is 11.3 Å². The number of aromatic nitrogens is 3. The first-order valence-corrected chi connectivity index (χ1v) is 11.3. The molecule has 0 bridgehead atoms. The van der Waals surface area contributed by atoms with Gasteiger partial charge in [0.15, 0.2) is 0 Å². The van der Waals surface area contributed by atoms with Crippen LogP contribution in [0.5, 0.6) is 17.4 Å². The maximum atomic E-state index is 13.2. The third-order valence-electron chi connectivity index (χ3n) is 5.59. The van der Waals surface area contributed by atoms with Gasteiger partial charge in [0, 0.05) is 24.1 Å². The van der Waals surface area contributed by atoms with Gasteiger partial charge in [-0.15, -0.1) is 0 Å². The zero-order valence-corrected chi connectivity index (χ0v) is 20.5. The van der Waals surface area contributed by atoms with Crippen LogP contribution in [0.2, 0.25) is 0 Å². The zero-order valence-electron chi connectivity index (χ0n) is 20.5. The molecule has 2 aromatic carbocycles. The molecular weight excluding hydrogens is 440 g/mol. The second kappa shape index (κ2) is 9.93. The number of nitrogens with zero attached hydrogens (tertiary/aromatic N) is 3. The summed E-state index contributed by atoms with van der Waals surface area (Å²) in [7, 11) is 1.56. The zero-order chi connectivity index (χ0) is 25.0. The smallest absolute Gasteiger partial charge is 0.259 e. The fourth-order valence-electron chi connectivity index (χ4n) is 3.56. The van der Waals surface area contributed by atoms with Gasteiger partial charge >= 0.3 is 0 Å². The Labute approximate surface area is 205 Å². The highest BCUT2D eigenvalue weighted by Gasteiger charge is 2.20. The average molecular weight is 469 g/mol. The van der Waals surface area contributed by atoms with Crippen molar-refractivity contribution >= 4 is 11.6 Å². The summed E-state index contributed by atoms with van der Waals surface area (Å²) in [5, 5.41) is 2.97. The highest BCUT2D eigenvalue weighted by atomic mass is 16.5. The van der Waals surface area contributed by atoms with Crippen molar-refractivity contribution in [2.75, 3.05) is 12.4 Å². The van der Waals surface area contributed by atoms with Gasteiger partial charge in [-0.1, -0.05) is 32.9 Å². The Hall–Kier alpha value is -4.26. The number of anilines is 1. The molecule has 0 unspecified atom stereocenters. The molecular formula is C28H28N4O3. The minimum Gasteiger partial charge on any atom is -0.496 e. The molecule has 7 nitrogen and oxygen atoms in total. The molecule has 178 valence electrons. The molecule has 4 aromatic rings. The minimum absolute atomic E-state index is 0.101. The second-order valence-corrected chi connectivity index (χ2v) is 9.15. The van der Waals surface area contributed by atoms with Crippen molar-refractivity contribution in [3.8, 4) is 28.6 Å². The molecule has 0 saturated carbocycles. The predicted octanol–water partition coefficient (Wildman–Crippen LogP) is 6.20. The van der Waals surface area contributed by atoms with Crippen molar-refractivity contribution in [2.45, 2.75) is 33.1 Å². The van der Waals surface area contributed by atoms with Crippen LogP contribution in [-0.2, 0) is 5.41 Å². The van der Waals surface area contributed by atoms with Gasteiger partial charge in [-0.05, 0) is 59.9 Å². The lowest BCUT2D eigenvalue weighted by molar-refractivity contribution is 0.102. The summed E-state index contributed by atoms with van der Waals surface area (Å²) in [6.07, 6.45) is 4.81. The van der Waals surface area contributed by atoms with Crippen molar-refractivity contribution in [3.05, 3.63) is 90.0 Å². The number of amides is 1. The van der Waals surface area contributed by atoms with Gasteiger partial charge in [-0.25, -0.2) is 15.0 Å². The van der Waals surface area contributed by atoms with E-state index in [1.54, 1.807) is 31.6 Å². The molecule has 2 heterocycles. The van der Waals surface area contributed by atoms with E-state index in [1.165, 1.54) is 6.33 Å². The molecule has 0 aliphatic rings. The Bertz CT molecular complexity index is 1350. The van der Waals surface area contributed by atoms with Crippen molar-refractivity contribution in [1.29, 1.82) is 0 Å². The first kappa shape index (κ1) is 23.9. The summed E-state index contributed by atoms with van der Waals surface area (Å²) >= 11 is 0. The van der Waals surface area contributed by atoms with Crippen LogP contribution in [0, 0.1) is 6.92 Å². The number of carbonyl (C=O) groups is 1. The molecule has 0 spiro atoms. The topological polar surface area (TPSA) is 86.2 Å². The van der Waals surface area contributed by atoms with Crippen LogP contribution < -0.4 is 14.8 Å². The van der Waals surface area contributed by atoms with Gasteiger partial charge in [-0.2, -0.15) is 0 Å². The Kier molecular flexibility index (Phi) is 6.78. The van der Waals surface area contributed by atoms with Crippen LogP contribution in [0.15, 0.2) is 73.3 Å². The van der Waals surface area contributed by atoms with Crippen LogP contribution in [0.1, 0.15) is 42.3 Å². The summed E-state index contributed by atoms with van der Waals surface area (Å²) in [6, 6.07) is 16.7. The van der Waals surface area contributed by atoms with Gasteiger partial charge in [0.05, 0.1) is 23.9 Å². The maximum Gasteiger partial charge on any atom is 0.259 e. The number of methoxy groups -OCH3 is 1. The standard InChI is InChI=1S/C28H28N4O3/c1-18-8-10-20(32-26(33)22-15-19(28(2,3)4)9-11-24(22)34-5)16-25(18)35-27-21(7-6-13-30-27)23-12-14-29-17-31-23/h6-17H,1-5H3,(H,32,33). The van der Waals surface area contributed by atoms with E-state index in [0.717, 1.165) is 16.7 Å². The molecule has 1 amide bonds. The molecule has 0 aliphatic carbocycles. The number of benzene rings is 2. The van der Waals surface area contributed by atoms with Gasteiger partial charge in [0.2, 0.25) is 5.88 Å². The lowest BCUT2D eigenvalue weighted by Crippen LogP contribution is -2.17. The lowest BCUT2D eigenvalue weighted by Gasteiger charge is -2.21. The quantitative estimate of drug-likeness (QED) is 0.363. The number of carbonyl (C=O) groups excluding carboxylic acids is 1. The fourth-order valence-corrected chi connectivity index (χ4v) is 3.56. The van der Waals surface area contributed by atoms with Crippen LogP contribution in [-0.4, -0.2) is 28.0 Å². The average Bonchev–Trinajstić information content (AvgIpc) is 2.86. The van der Waals surface area contributed by atoms with E-state index < -0.39 is 0 Å². The third-order valence-corrected chi connectivity index (χ3v) is 5.59. The monoisotopic (exact) mass is 468 g/mol. The Morgan fingerprint density at radius 2 is 1.77 bits per heavy atom. The van der Waals surface area contributed by atoms with E-state index in [1.807, 2.05) is 49.4 Å². The Morgan fingerprint density at radius 1 is 0.943 bits per heavy atom. The van der Waals surface area contributed by atoms with E-state index in [9.17, 15) is 4.79 Å². The lowest BCUT2D eigenvalue weighted by atomic mass is 9.86. The van der Waals surface area contributed by atoms with Gasteiger partial charge in [0.25, 0.3) is 5.91 Å². The summed E-state index contributed by atoms with van der Waals surface area (Å²) < 4.78 is 11.6. The number of nitrogens with one attached hydrogen (secondary N) is 1. The number of hydrogen-bond donors (Lipinski definition) is 1. The Morgan fingerprint density at radius 3 is 2.49 bits per heavy atom. The van der Waals surface area contributed by atoms with Crippen molar-refractivity contribution in [2.24, 2.45) is 0 Å². The summed E-state index contributed by atoms with van der Waals surface area (Å²) in [4.78, 5) is 25.9. The molecule has 0 fully saturated rings. The largest absolute Gasteiger partial charge is 0.496 e. The number of ether oxygens (including phenoxy) is 2. The molecule has 7 heteroatoms. The normalized spacial score (nSPS) is 11.1. The highest BCUT2D eigenvalue weighted by molar-refractivity contribution is 6.06. The van der Waals surface area contributed by atoms with Crippen LogP contribution in [0.3, 0.4) is 0 Å². The molecule has 0 radical (unpaired) electrons. The molecule has 0 saturated heterocycles. The predicted molar refractivity (Wildman–Crippen MR) is 136 cm³/mol. The highest BCUT2D eigenvalue weighted by Crippen LogP contribution is 2.33. The van der Waals surface area contributed by atoms with E-state index in [4.69, 9.17) is 9.47 Å². The first-order chi connectivity index (χ1) is 16.8. The SMILES string of the molecule is COc1ccc(C(C)(C)C)cc1C(=O)Nc1ccc(C)c(Oc2ncccc2-c2ccncn2)c1. The molecule has 0 aliphatic heterocycles. The molecule has 0 atom stereocenters. The molecule has 1 N–H and O–H groups in total. The summed E-state index contributed by atoms with van der Waals surface area (Å²) in [5.74, 6) is 1.24. The molecule has 2 aromatic heterocycles.